The molecule has 1 aliphatic rings. The Morgan fingerprint density at radius 2 is 1.92 bits per heavy atom. The number of benzene rings is 1. The van der Waals surface area contributed by atoms with Gasteiger partial charge in [0.2, 0.25) is 0 Å². The van der Waals surface area contributed by atoms with Crippen molar-refractivity contribution in [3.8, 4) is 0 Å². The highest BCUT2D eigenvalue weighted by Gasteiger charge is 2.22. The van der Waals surface area contributed by atoms with Crippen LogP contribution in [0.5, 0.6) is 0 Å². The summed E-state index contributed by atoms with van der Waals surface area (Å²) in [5.74, 6) is -0.562. The Bertz CT molecular complexity index is 882. The molecule has 0 saturated carbocycles. The van der Waals surface area contributed by atoms with Crippen LogP contribution in [0.25, 0.3) is 0 Å². The molecule has 1 heterocycles. The molecule has 26 heavy (non-hydrogen) atoms. The predicted octanol–water partition coefficient (Wildman–Crippen LogP) is 3.87. The summed E-state index contributed by atoms with van der Waals surface area (Å²) in [6.45, 7) is 0.524. The fraction of sp³-hybridized carbons (Fsp3) is 0.350. The average Bonchev–Trinajstić information content (AvgIpc) is 3.11. The SMILES string of the molecule is O=C(NCCC1=CCCCC1)c1occc1CS(=O)(=O)c1ccccc1. The number of carbonyl (C=O) groups excluding carboxylic acids is 1. The normalized spacial score (nSPS) is 14.7. The Labute approximate surface area is 154 Å². The van der Waals surface area contributed by atoms with Gasteiger partial charge in [0.25, 0.3) is 5.91 Å². The fourth-order valence-corrected chi connectivity index (χ4v) is 4.49. The molecule has 1 amide bonds. The first-order valence-corrected chi connectivity index (χ1v) is 10.5. The standard InChI is InChI=1S/C20H23NO4S/c22-20(21-13-11-16-7-3-1-4-8-16)19-17(12-14-25-19)15-26(23,24)18-9-5-2-6-10-18/h2,5-7,9-10,12,14H,1,3-4,8,11,13,15H2,(H,21,22). The quantitative estimate of drug-likeness (QED) is 0.748. The highest BCUT2D eigenvalue weighted by molar-refractivity contribution is 7.90. The van der Waals surface area contributed by atoms with Gasteiger partial charge in [-0.25, -0.2) is 8.42 Å². The Balaban J connectivity index is 1.62. The molecule has 0 spiro atoms. The molecule has 0 aliphatic heterocycles. The summed E-state index contributed by atoms with van der Waals surface area (Å²) in [4.78, 5) is 12.6. The number of sulfone groups is 1. The second-order valence-electron chi connectivity index (χ2n) is 6.46. The van der Waals surface area contributed by atoms with E-state index < -0.39 is 9.84 Å². The van der Waals surface area contributed by atoms with E-state index in [1.54, 1.807) is 36.4 Å². The van der Waals surface area contributed by atoms with Gasteiger partial charge in [0, 0.05) is 12.1 Å². The number of amides is 1. The molecule has 0 radical (unpaired) electrons. The van der Waals surface area contributed by atoms with Crippen LogP contribution in [0, 0.1) is 0 Å². The average molecular weight is 373 g/mol. The molecule has 1 N–H and O–H groups in total. The molecule has 6 heteroatoms. The lowest BCUT2D eigenvalue weighted by atomic mass is 9.97. The zero-order chi connectivity index (χ0) is 18.4. The Hall–Kier alpha value is -2.34. The van der Waals surface area contributed by atoms with Gasteiger partial charge in [-0.2, -0.15) is 0 Å². The fourth-order valence-electron chi connectivity index (χ4n) is 3.11. The van der Waals surface area contributed by atoms with Crippen LogP contribution in [-0.4, -0.2) is 20.9 Å². The monoisotopic (exact) mass is 373 g/mol. The van der Waals surface area contributed by atoms with Gasteiger partial charge in [-0.1, -0.05) is 29.8 Å². The summed E-state index contributed by atoms with van der Waals surface area (Å²) in [7, 11) is -3.53. The molecule has 138 valence electrons. The topological polar surface area (TPSA) is 76.4 Å². The maximum atomic E-state index is 12.5. The lowest BCUT2D eigenvalue weighted by Gasteiger charge is -2.12. The molecular weight excluding hydrogens is 350 g/mol. The second-order valence-corrected chi connectivity index (χ2v) is 8.45. The summed E-state index contributed by atoms with van der Waals surface area (Å²) in [5.41, 5.74) is 1.76. The van der Waals surface area contributed by atoms with E-state index >= 15 is 0 Å². The minimum atomic E-state index is -3.53. The zero-order valence-electron chi connectivity index (χ0n) is 14.6. The van der Waals surface area contributed by atoms with Crippen molar-refractivity contribution in [3.63, 3.8) is 0 Å². The number of hydrogen-bond acceptors (Lipinski definition) is 4. The van der Waals surface area contributed by atoms with Crippen LogP contribution < -0.4 is 5.32 Å². The van der Waals surface area contributed by atoms with Crippen LogP contribution in [0.3, 0.4) is 0 Å². The third-order valence-corrected chi connectivity index (χ3v) is 6.20. The molecule has 0 bridgehead atoms. The maximum absolute atomic E-state index is 12.5. The van der Waals surface area contributed by atoms with Gasteiger partial charge >= 0.3 is 0 Å². The van der Waals surface area contributed by atoms with Crippen LogP contribution in [0.4, 0.5) is 0 Å². The number of allylic oxidation sites excluding steroid dienone is 1. The third kappa shape index (κ3) is 4.64. The summed E-state index contributed by atoms with van der Waals surface area (Å²) < 4.78 is 30.3. The second kappa shape index (κ2) is 8.36. The van der Waals surface area contributed by atoms with Crippen molar-refractivity contribution in [1.82, 2.24) is 5.32 Å². The highest BCUT2D eigenvalue weighted by atomic mass is 32.2. The van der Waals surface area contributed by atoms with E-state index in [0.717, 1.165) is 19.3 Å². The molecule has 0 unspecified atom stereocenters. The maximum Gasteiger partial charge on any atom is 0.287 e. The Kier molecular flexibility index (Phi) is 5.93. The molecule has 5 nitrogen and oxygen atoms in total. The van der Waals surface area contributed by atoms with Gasteiger partial charge in [-0.3, -0.25) is 4.79 Å². The summed E-state index contributed by atoms with van der Waals surface area (Å²) in [5, 5.41) is 2.83. The number of furan rings is 1. The third-order valence-electron chi connectivity index (χ3n) is 4.52. The number of carbonyl (C=O) groups is 1. The Morgan fingerprint density at radius 1 is 1.12 bits per heavy atom. The van der Waals surface area contributed by atoms with Gasteiger partial charge in [-0.05, 0) is 50.3 Å². The van der Waals surface area contributed by atoms with Crippen molar-refractivity contribution in [2.24, 2.45) is 0 Å². The van der Waals surface area contributed by atoms with Crippen molar-refractivity contribution in [1.29, 1.82) is 0 Å². The van der Waals surface area contributed by atoms with E-state index in [0.29, 0.717) is 12.1 Å². The van der Waals surface area contributed by atoms with E-state index in [1.165, 1.54) is 24.7 Å². The highest BCUT2D eigenvalue weighted by Crippen LogP contribution is 2.21. The first kappa shape index (κ1) is 18.5. The summed E-state index contributed by atoms with van der Waals surface area (Å²) >= 11 is 0. The molecule has 3 rings (SSSR count). The summed E-state index contributed by atoms with van der Waals surface area (Å²) in [6.07, 6.45) is 9.08. The van der Waals surface area contributed by atoms with Crippen LogP contribution in [0.2, 0.25) is 0 Å². The van der Waals surface area contributed by atoms with Crippen molar-refractivity contribution in [3.05, 3.63) is 65.6 Å². The molecular formula is C20H23NO4S. The first-order valence-electron chi connectivity index (χ1n) is 8.86. The first-order chi connectivity index (χ1) is 12.6. The predicted molar refractivity (Wildman–Crippen MR) is 99.5 cm³/mol. The Morgan fingerprint density at radius 3 is 2.65 bits per heavy atom. The van der Waals surface area contributed by atoms with Gasteiger partial charge < -0.3 is 9.73 Å². The van der Waals surface area contributed by atoms with Crippen LogP contribution in [0.1, 0.15) is 48.2 Å². The van der Waals surface area contributed by atoms with Crippen molar-refractivity contribution >= 4 is 15.7 Å². The lowest BCUT2D eigenvalue weighted by Crippen LogP contribution is -2.25. The molecule has 0 saturated heterocycles. The van der Waals surface area contributed by atoms with E-state index in [9.17, 15) is 13.2 Å². The summed E-state index contributed by atoms with van der Waals surface area (Å²) in [6, 6.07) is 9.75. The molecule has 1 aromatic heterocycles. The molecule has 2 aromatic rings. The minimum absolute atomic E-state index is 0.0714. The number of hydrogen-bond donors (Lipinski definition) is 1. The van der Waals surface area contributed by atoms with E-state index in [4.69, 9.17) is 4.42 Å². The van der Waals surface area contributed by atoms with Gasteiger partial charge in [0.1, 0.15) is 0 Å². The van der Waals surface area contributed by atoms with Crippen molar-refractivity contribution in [2.45, 2.75) is 42.8 Å². The van der Waals surface area contributed by atoms with Gasteiger partial charge in [0.05, 0.1) is 16.9 Å². The van der Waals surface area contributed by atoms with Crippen LogP contribution in [0.15, 0.2) is 63.6 Å². The van der Waals surface area contributed by atoms with E-state index in [2.05, 4.69) is 11.4 Å². The molecule has 0 atom stereocenters. The zero-order valence-corrected chi connectivity index (χ0v) is 15.4. The van der Waals surface area contributed by atoms with Crippen molar-refractivity contribution in [2.75, 3.05) is 6.54 Å². The lowest BCUT2D eigenvalue weighted by molar-refractivity contribution is 0.0925. The van der Waals surface area contributed by atoms with Gasteiger partial charge in [0.15, 0.2) is 15.6 Å². The van der Waals surface area contributed by atoms with Gasteiger partial charge in [-0.15, -0.1) is 0 Å². The van der Waals surface area contributed by atoms with Crippen LogP contribution in [-0.2, 0) is 15.6 Å². The molecule has 1 aromatic carbocycles. The largest absolute Gasteiger partial charge is 0.459 e. The van der Waals surface area contributed by atoms with Crippen LogP contribution >= 0.6 is 0 Å². The molecule has 0 fully saturated rings. The number of nitrogens with one attached hydrogen (secondary N) is 1. The van der Waals surface area contributed by atoms with E-state index in [-0.39, 0.29) is 22.3 Å². The smallest absolute Gasteiger partial charge is 0.287 e. The van der Waals surface area contributed by atoms with E-state index in [1.807, 2.05) is 0 Å². The minimum Gasteiger partial charge on any atom is -0.459 e. The number of rotatable bonds is 7. The molecule has 1 aliphatic carbocycles. The van der Waals surface area contributed by atoms with Crippen molar-refractivity contribution < 1.29 is 17.6 Å².